The van der Waals surface area contributed by atoms with Crippen LogP contribution in [0.2, 0.25) is 0 Å². The lowest BCUT2D eigenvalue weighted by Crippen LogP contribution is -1.95. The van der Waals surface area contributed by atoms with E-state index < -0.39 is 0 Å². The fourth-order valence-electron chi connectivity index (χ4n) is 0.918. The molecule has 0 saturated carbocycles. The van der Waals surface area contributed by atoms with Crippen LogP contribution in [0.1, 0.15) is 6.42 Å². The molecule has 0 aliphatic heterocycles. The van der Waals surface area contributed by atoms with Gasteiger partial charge in [-0.3, -0.25) is 0 Å². The minimum absolute atomic E-state index is 0.0924. The van der Waals surface area contributed by atoms with E-state index in [1.54, 1.807) is 13.7 Å². The SMILES string of the molecule is COc1ccccc1O[CH]CCO. The molecule has 1 radical (unpaired) electrons. The van der Waals surface area contributed by atoms with Gasteiger partial charge in [0.25, 0.3) is 0 Å². The molecule has 3 heteroatoms. The van der Waals surface area contributed by atoms with E-state index in [-0.39, 0.29) is 6.61 Å². The van der Waals surface area contributed by atoms with Crippen molar-refractivity contribution in [3.8, 4) is 11.5 Å². The normalized spacial score (nSPS) is 9.69. The summed E-state index contributed by atoms with van der Waals surface area (Å²) in [5, 5.41) is 8.53. The lowest BCUT2D eigenvalue weighted by Gasteiger charge is -2.08. The van der Waals surface area contributed by atoms with Crippen LogP contribution in [0.25, 0.3) is 0 Å². The summed E-state index contributed by atoms with van der Waals surface area (Å²) in [5.41, 5.74) is 0. The molecule has 0 atom stereocenters. The summed E-state index contributed by atoms with van der Waals surface area (Å²) < 4.78 is 10.3. The molecule has 0 unspecified atom stereocenters. The Hall–Kier alpha value is -1.22. The highest BCUT2D eigenvalue weighted by atomic mass is 16.5. The maximum atomic E-state index is 8.53. The van der Waals surface area contributed by atoms with Crippen LogP contribution in [0, 0.1) is 6.61 Å². The lowest BCUT2D eigenvalue weighted by atomic mass is 10.3. The van der Waals surface area contributed by atoms with Crippen LogP contribution in [-0.2, 0) is 0 Å². The Morgan fingerprint density at radius 1 is 1.31 bits per heavy atom. The summed E-state index contributed by atoms with van der Waals surface area (Å²) in [7, 11) is 1.59. The second-order valence-electron chi connectivity index (χ2n) is 2.45. The largest absolute Gasteiger partial charge is 0.493 e. The monoisotopic (exact) mass is 181 g/mol. The topological polar surface area (TPSA) is 38.7 Å². The van der Waals surface area contributed by atoms with E-state index in [0.29, 0.717) is 17.9 Å². The van der Waals surface area contributed by atoms with E-state index in [0.717, 1.165) is 0 Å². The van der Waals surface area contributed by atoms with Crippen molar-refractivity contribution < 1.29 is 14.6 Å². The van der Waals surface area contributed by atoms with Crippen LogP contribution < -0.4 is 9.47 Å². The van der Waals surface area contributed by atoms with Crippen molar-refractivity contribution in [1.29, 1.82) is 0 Å². The van der Waals surface area contributed by atoms with Gasteiger partial charge in [0.2, 0.25) is 0 Å². The quantitative estimate of drug-likeness (QED) is 0.701. The highest BCUT2D eigenvalue weighted by Crippen LogP contribution is 2.26. The maximum Gasteiger partial charge on any atom is 0.161 e. The van der Waals surface area contributed by atoms with E-state index >= 15 is 0 Å². The molecule has 0 aliphatic rings. The molecule has 71 valence electrons. The molecule has 0 fully saturated rings. The molecule has 0 saturated heterocycles. The van der Waals surface area contributed by atoms with Gasteiger partial charge in [-0.15, -0.1) is 0 Å². The first-order chi connectivity index (χ1) is 6.38. The van der Waals surface area contributed by atoms with Crippen LogP contribution >= 0.6 is 0 Å². The summed E-state index contributed by atoms with van der Waals surface area (Å²) in [4.78, 5) is 0. The number of ether oxygens (including phenoxy) is 2. The highest BCUT2D eigenvalue weighted by Gasteiger charge is 2.01. The van der Waals surface area contributed by atoms with Crippen LogP contribution in [0.3, 0.4) is 0 Å². The molecule has 1 aromatic carbocycles. The molecule has 3 nitrogen and oxygen atoms in total. The molecule has 0 bridgehead atoms. The third kappa shape index (κ3) is 2.95. The van der Waals surface area contributed by atoms with Crippen LogP contribution in [0.4, 0.5) is 0 Å². The van der Waals surface area contributed by atoms with E-state index in [2.05, 4.69) is 0 Å². The van der Waals surface area contributed by atoms with Crippen LogP contribution in [-0.4, -0.2) is 18.8 Å². The molecule has 1 aromatic rings. The van der Waals surface area contributed by atoms with Crippen molar-refractivity contribution >= 4 is 0 Å². The van der Waals surface area contributed by atoms with Crippen LogP contribution in [0.15, 0.2) is 24.3 Å². The summed E-state index contributed by atoms with van der Waals surface area (Å²) in [6.45, 7) is 1.65. The first-order valence-corrected chi connectivity index (χ1v) is 4.10. The zero-order valence-electron chi connectivity index (χ0n) is 7.56. The average Bonchev–Trinajstić information content (AvgIpc) is 2.19. The number of benzene rings is 1. The first-order valence-electron chi connectivity index (χ1n) is 4.10. The molecule has 0 heterocycles. The molecular weight excluding hydrogens is 168 g/mol. The molecule has 0 aliphatic carbocycles. The summed E-state index contributed by atoms with van der Waals surface area (Å²) >= 11 is 0. The fraction of sp³-hybridized carbons (Fsp3) is 0.300. The van der Waals surface area contributed by atoms with Gasteiger partial charge in [0.1, 0.15) is 6.61 Å². The molecule has 13 heavy (non-hydrogen) atoms. The predicted molar refractivity (Wildman–Crippen MR) is 49.6 cm³/mol. The van der Waals surface area contributed by atoms with E-state index in [4.69, 9.17) is 14.6 Å². The standard InChI is InChI=1S/C10H13O3/c1-12-9-5-2-3-6-10(9)13-8-4-7-11/h2-3,5-6,8,11H,4,7H2,1H3. The third-order valence-corrected chi connectivity index (χ3v) is 1.53. The van der Waals surface area contributed by atoms with E-state index in [1.807, 2.05) is 24.3 Å². The van der Waals surface area contributed by atoms with Gasteiger partial charge in [-0.25, -0.2) is 0 Å². The van der Waals surface area contributed by atoms with Gasteiger partial charge in [-0.1, -0.05) is 12.1 Å². The van der Waals surface area contributed by atoms with E-state index in [9.17, 15) is 0 Å². The van der Waals surface area contributed by atoms with Crippen molar-refractivity contribution in [2.45, 2.75) is 6.42 Å². The van der Waals surface area contributed by atoms with Crippen molar-refractivity contribution in [1.82, 2.24) is 0 Å². The Balaban J connectivity index is 2.54. The molecule has 0 spiro atoms. The predicted octanol–water partition coefficient (Wildman–Crippen LogP) is 1.62. The van der Waals surface area contributed by atoms with Gasteiger partial charge in [0.15, 0.2) is 11.5 Å². The van der Waals surface area contributed by atoms with Gasteiger partial charge in [-0.2, -0.15) is 0 Å². The molecular formula is C10H13O3. The number of aliphatic hydroxyl groups is 1. The number of aliphatic hydroxyl groups excluding tert-OH is 1. The van der Waals surface area contributed by atoms with Crippen molar-refractivity contribution in [2.24, 2.45) is 0 Å². The average molecular weight is 181 g/mol. The Morgan fingerprint density at radius 3 is 2.62 bits per heavy atom. The van der Waals surface area contributed by atoms with Crippen molar-refractivity contribution in [2.75, 3.05) is 13.7 Å². The number of para-hydroxylation sites is 2. The Labute approximate surface area is 77.9 Å². The fourth-order valence-corrected chi connectivity index (χ4v) is 0.918. The number of hydrogen-bond acceptors (Lipinski definition) is 3. The van der Waals surface area contributed by atoms with Crippen molar-refractivity contribution in [3.63, 3.8) is 0 Å². The summed E-state index contributed by atoms with van der Waals surface area (Å²) in [6, 6.07) is 7.37. The molecule has 0 aromatic heterocycles. The third-order valence-electron chi connectivity index (χ3n) is 1.53. The van der Waals surface area contributed by atoms with E-state index in [1.165, 1.54) is 0 Å². The minimum atomic E-state index is 0.0924. The number of hydrogen-bond donors (Lipinski definition) is 1. The van der Waals surface area contributed by atoms with Crippen molar-refractivity contribution in [3.05, 3.63) is 30.9 Å². The first kappa shape index (κ1) is 9.86. The smallest absolute Gasteiger partial charge is 0.161 e. The zero-order valence-corrected chi connectivity index (χ0v) is 7.56. The number of methoxy groups -OCH3 is 1. The van der Waals surface area contributed by atoms with Gasteiger partial charge in [0.05, 0.1) is 7.11 Å². The van der Waals surface area contributed by atoms with Gasteiger partial charge in [-0.05, 0) is 12.1 Å². The molecule has 1 N–H and O–H groups in total. The molecule has 0 amide bonds. The Bertz CT molecular complexity index is 248. The Morgan fingerprint density at radius 2 is 2.00 bits per heavy atom. The highest BCUT2D eigenvalue weighted by molar-refractivity contribution is 5.39. The number of rotatable bonds is 5. The molecule has 1 rings (SSSR count). The lowest BCUT2D eigenvalue weighted by molar-refractivity contribution is 0.265. The van der Waals surface area contributed by atoms with Gasteiger partial charge in [0, 0.05) is 13.0 Å². The minimum Gasteiger partial charge on any atom is -0.493 e. The summed E-state index contributed by atoms with van der Waals surface area (Å²) in [6.07, 6.45) is 0.512. The van der Waals surface area contributed by atoms with Gasteiger partial charge >= 0.3 is 0 Å². The maximum absolute atomic E-state index is 8.53. The second kappa shape index (κ2) is 5.43. The zero-order chi connectivity index (χ0) is 9.52. The summed E-state index contributed by atoms with van der Waals surface area (Å²) in [5.74, 6) is 1.36. The van der Waals surface area contributed by atoms with Gasteiger partial charge < -0.3 is 14.6 Å². The van der Waals surface area contributed by atoms with Crippen LogP contribution in [0.5, 0.6) is 11.5 Å². The second-order valence-corrected chi connectivity index (χ2v) is 2.45. The Kier molecular flexibility index (Phi) is 4.12.